The predicted octanol–water partition coefficient (Wildman–Crippen LogP) is 7.46. The summed E-state index contributed by atoms with van der Waals surface area (Å²) in [5, 5.41) is 0. The largest absolute Gasteiger partial charge is 0.435 e. The van der Waals surface area contributed by atoms with E-state index in [2.05, 4.69) is 0 Å². The Morgan fingerprint density at radius 2 is 0.737 bits per heavy atom. The van der Waals surface area contributed by atoms with Crippen molar-refractivity contribution < 1.29 is 13.3 Å². The molecule has 0 N–H and O–H groups in total. The van der Waals surface area contributed by atoms with E-state index in [1.54, 1.807) is 0 Å². The molecule has 0 aliphatic carbocycles. The fourth-order valence-electron chi connectivity index (χ4n) is 3.84. The second-order valence-electron chi connectivity index (χ2n) is 8.10. The van der Waals surface area contributed by atoms with Gasteiger partial charge in [-0.15, -0.1) is 0 Å². The zero-order valence-electron chi connectivity index (χ0n) is 20.2. The van der Waals surface area contributed by atoms with Crippen LogP contribution in [-0.4, -0.2) is 21.6 Å². The Morgan fingerprint density at radius 1 is 0.447 bits per heavy atom. The van der Waals surface area contributed by atoms with Gasteiger partial charge >= 0.3 is 16.9 Å². The third kappa shape index (κ3) is 5.11. The molecule has 6 aromatic rings. The second-order valence-corrected chi connectivity index (χ2v) is 12.7. The van der Waals surface area contributed by atoms with Crippen molar-refractivity contribution in [3.63, 3.8) is 0 Å². The Balaban J connectivity index is 1.34. The molecule has 0 spiro atoms. The van der Waals surface area contributed by atoms with Gasteiger partial charge in [0.05, 0.1) is 20.6 Å². The Bertz CT molecular complexity index is 1410. The molecule has 0 atom stereocenters. The Labute approximate surface area is 225 Å². The highest BCUT2D eigenvalue weighted by Crippen LogP contribution is 2.46. The molecule has 0 radical (unpaired) electrons. The maximum atomic E-state index is 14.1. The lowest BCUT2D eigenvalue weighted by Gasteiger charge is -2.23. The molecule has 10 heteroatoms. The summed E-state index contributed by atoms with van der Waals surface area (Å²) in [5.41, 5.74) is 0. The van der Waals surface area contributed by atoms with Crippen LogP contribution in [0.3, 0.4) is 0 Å². The van der Waals surface area contributed by atoms with Gasteiger partial charge in [-0.05, 0) is 72.8 Å². The number of hydrogen-bond acceptors (Lipinski definition) is 3. The topological polar surface area (TPSA) is 55.2 Å². The Kier molecular flexibility index (Phi) is 7.27. The highest BCUT2D eigenvalue weighted by Gasteiger charge is 2.24. The van der Waals surface area contributed by atoms with Crippen LogP contribution in [0.5, 0.6) is 11.5 Å². The normalized spacial score (nSPS) is 11.4. The molecular weight excluding hydrogens is 534 g/mol. The molecule has 0 aliphatic rings. The lowest BCUT2D eigenvalue weighted by Crippen LogP contribution is -2.07. The molecule has 2 aromatic carbocycles. The zero-order chi connectivity index (χ0) is 25.7. The van der Waals surface area contributed by atoms with Crippen LogP contribution in [0.2, 0.25) is 0 Å². The number of nitrogens with zero attached hydrogens (tertiary/aromatic N) is 4. The molecule has 4 heterocycles. The van der Waals surface area contributed by atoms with Gasteiger partial charge in [-0.3, -0.25) is 17.4 Å². The summed E-state index contributed by atoms with van der Waals surface area (Å²) in [5.74, 6) is 1.12. The molecule has 0 saturated heterocycles. The van der Waals surface area contributed by atoms with E-state index < -0.39 is 27.7 Å². The monoisotopic (exact) mass is 558 g/mol. The van der Waals surface area contributed by atoms with Crippen LogP contribution in [0.1, 0.15) is 0 Å². The summed E-state index contributed by atoms with van der Waals surface area (Å²) in [6.07, 6.45) is 15.8. The Morgan fingerprint density at radius 3 is 1.05 bits per heavy atom. The molecule has 0 amide bonds. The second kappa shape index (κ2) is 11.3. The van der Waals surface area contributed by atoms with Gasteiger partial charge in [0, 0.05) is 49.6 Å². The van der Waals surface area contributed by atoms with Crippen molar-refractivity contribution >= 4 is 27.7 Å². The first-order chi connectivity index (χ1) is 18.8. The molecule has 190 valence electrons. The third-order valence-corrected chi connectivity index (χ3v) is 10.4. The van der Waals surface area contributed by atoms with Gasteiger partial charge in [0.25, 0.3) is 0 Å². The van der Waals surface area contributed by atoms with E-state index in [0.717, 1.165) is 0 Å². The van der Waals surface area contributed by atoms with Crippen LogP contribution < -0.4 is 9.05 Å². The number of rotatable bonds is 10. The van der Waals surface area contributed by atoms with Crippen LogP contribution in [0, 0.1) is 0 Å². The van der Waals surface area contributed by atoms with E-state index in [-0.39, 0.29) is 0 Å². The highest BCUT2D eigenvalue weighted by atomic mass is 32.2. The smallest absolute Gasteiger partial charge is 0.317 e. The van der Waals surface area contributed by atoms with Crippen molar-refractivity contribution in [3.8, 4) is 11.5 Å². The van der Waals surface area contributed by atoms with Crippen LogP contribution in [0.4, 0.5) is 0 Å². The predicted molar refractivity (Wildman–Crippen MR) is 152 cm³/mol. The van der Waals surface area contributed by atoms with E-state index in [9.17, 15) is 4.21 Å². The van der Waals surface area contributed by atoms with Crippen LogP contribution in [0.25, 0.3) is 0 Å². The molecule has 38 heavy (non-hydrogen) atoms. The van der Waals surface area contributed by atoms with E-state index in [1.165, 1.54) is 0 Å². The lowest BCUT2D eigenvalue weighted by atomic mass is 10.3. The SMILES string of the molecule is O=S(c1ccccc1OP(n1cccc1)n1cccc1)c1ccccc1OP(n1cccc1)n1cccc1. The van der Waals surface area contributed by atoms with E-state index in [4.69, 9.17) is 9.05 Å². The standard InChI is InChI=1S/C28H24N4O3P2S/c33-38(27-15-3-1-13-25(27)34-36(29-17-5-6-18-29)30-19-7-8-20-30)28-16-4-2-14-26(28)35-37(31-21-9-10-22-31)32-23-11-12-24-32/h1-24H. The third-order valence-electron chi connectivity index (χ3n) is 5.60. The summed E-state index contributed by atoms with van der Waals surface area (Å²) < 4.78 is 35.4. The van der Waals surface area contributed by atoms with Crippen LogP contribution in [-0.2, 0) is 10.8 Å². The highest BCUT2D eigenvalue weighted by molar-refractivity contribution is 7.85. The van der Waals surface area contributed by atoms with Crippen LogP contribution in [0.15, 0.2) is 156 Å². The molecular formula is C28H24N4O3P2S. The number of hydrogen-bond donors (Lipinski definition) is 0. The molecule has 0 aliphatic heterocycles. The van der Waals surface area contributed by atoms with Crippen molar-refractivity contribution in [3.05, 3.63) is 147 Å². The van der Waals surface area contributed by atoms with Gasteiger partial charge in [0.1, 0.15) is 11.5 Å². The molecule has 0 bridgehead atoms. The minimum atomic E-state index is -1.56. The minimum Gasteiger partial charge on any atom is -0.435 e. The average Bonchev–Trinajstić information content (AvgIpc) is 3.79. The van der Waals surface area contributed by atoms with Gasteiger partial charge in [-0.1, -0.05) is 24.3 Å². The van der Waals surface area contributed by atoms with Crippen molar-refractivity contribution in [2.45, 2.75) is 9.79 Å². The number of para-hydroxylation sites is 2. The van der Waals surface area contributed by atoms with Crippen molar-refractivity contribution in [2.75, 3.05) is 0 Å². The number of benzene rings is 2. The van der Waals surface area contributed by atoms with Gasteiger partial charge < -0.3 is 9.05 Å². The van der Waals surface area contributed by atoms with E-state index in [1.807, 2.05) is 164 Å². The quantitative estimate of drug-likeness (QED) is 0.164. The van der Waals surface area contributed by atoms with Gasteiger partial charge in [-0.2, -0.15) is 0 Å². The fraction of sp³-hybridized carbons (Fsp3) is 0. The molecule has 7 nitrogen and oxygen atoms in total. The summed E-state index contributed by atoms with van der Waals surface area (Å²) in [4.78, 5) is 1.17. The summed E-state index contributed by atoms with van der Waals surface area (Å²) in [6.45, 7) is 0. The first-order valence-electron chi connectivity index (χ1n) is 11.9. The van der Waals surface area contributed by atoms with E-state index >= 15 is 0 Å². The lowest BCUT2D eigenvalue weighted by molar-refractivity contribution is 0.570. The van der Waals surface area contributed by atoms with Crippen LogP contribution >= 0.6 is 16.9 Å². The minimum absolute atomic E-state index is 0.562. The maximum absolute atomic E-state index is 14.1. The Hall–Kier alpha value is -3.83. The molecule has 4 aromatic heterocycles. The van der Waals surface area contributed by atoms with Gasteiger partial charge in [0.2, 0.25) is 0 Å². The average molecular weight is 559 g/mol. The number of aromatic nitrogens is 4. The zero-order valence-corrected chi connectivity index (χ0v) is 22.8. The van der Waals surface area contributed by atoms with Gasteiger partial charge in [0.15, 0.2) is 0 Å². The first-order valence-corrected chi connectivity index (χ1v) is 15.3. The molecule has 0 unspecified atom stereocenters. The molecule has 0 saturated carbocycles. The van der Waals surface area contributed by atoms with Gasteiger partial charge in [-0.25, -0.2) is 4.21 Å². The van der Waals surface area contributed by atoms with E-state index in [0.29, 0.717) is 21.3 Å². The van der Waals surface area contributed by atoms with Crippen molar-refractivity contribution in [1.29, 1.82) is 0 Å². The molecule has 0 fully saturated rings. The fourth-order valence-corrected chi connectivity index (χ4v) is 8.24. The van der Waals surface area contributed by atoms with Crippen molar-refractivity contribution in [2.24, 2.45) is 0 Å². The maximum Gasteiger partial charge on any atom is 0.317 e. The summed E-state index contributed by atoms with van der Waals surface area (Å²) in [7, 11) is -4.10. The summed E-state index contributed by atoms with van der Waals surface area (Å²) in [6, 6.07) is 30.7. The summed E-state index contributed by atoms with van der Waals surface area (Å²) >= 11 is 0. The van der Waals surface area contributed by atoms with Crippen molar-refractivity contribution in [1.82, 2.24) is 17.4 Å². The molecule has 6 rings (SSSR count). The first kappa shape index (κ1) is 24.5.